The fraction of sp³-hybridized carbons (Fsp3) is 0.154. The maximum atomic E-state index is 13.5. The highest BCUT2D eigenvalue weighted by Gasteiger charge is 2.18. The summed E-state index contributed by atoms with van der Waals surface area (Å²) in [4.78, 5) is 18.4. The monoisotopic (exact) mass is 442 g/mol. The van der Waals surface area contributed by atoms with Gasteiger partial charge in [0.15, 0.2) is 5.16 Å². The first-order valence-corrected chi connectivity index (χ1v) is 11.3. The van der Waals surface area contributed by atoms with Crippen molar-refractivity contribution in [3.05, 3.63) is 99.8 Å². The smallest absolute Gasteiger partial charge is 0.298 e. The highest BCUT2D eigenvalue weighted by Crippen LogP contribution is 2.29. The van der Waals surface area contributed by atoms with Crippen molar-refractivity contribution in [2.45, 2.75) is 24.4 Å². The lowest BCUT2D eigenvalue weighted by molar-refractivity contribution is 0.414. The molecule has 0 saturated heterocycles. The van der Waals surface area contributed by atoms with Gasteiger partial charge in [-0.1, -0.05) is 65.9 Å². The molecule has 0 aliphatic carbocycles. The van der Waals surface area contributed by atoms with E-state index in [0.29, 0.717) is 28.6 Å². The number of hydrogen-bond acceptors (Lipinski definition) is 5. The van der Waals surface area contributed by atoms with E-state index in [1.807, 2.05) is 48.5 Å². The zero-order chi connectivity index (χ0) is 22.1. The molecule has 0 aliphatic rings. The molecule has 32 heavy (non-hydrogen) atoms. The van der Waals surface area contributed by atoms with Crippen LogP contribution in [0.2, 0.25) is 0 Å². The Morgan fingerprint density at radius 1 is 1.00 bits per heavy atom. The molecule has 5 rings (SSSR count). The van der Waals surface area contributed by atoms with E-state index in [1.54, 1.807) is 23.4 Å². The fourth-order valence-electron chi connectivity index (χ4n) is 3.81. The summed E-state index contributed by atoms with van der Waals surface area (Å²) in [6.45, 7) is 2.46. The van der Waals surface area contributed by atoms with Gasteiger partial charge in [-0.05, 0) is 42.3 Å². The van der Waals surface area contributed by atoms with Crippen molar-refractivity contribution in [3.63, 3.8) is 0 Å². The fourth-order valence-corrected chi connectivity index (χ4v) is 4.74. The zero-order valence-electron chi connectivity index (χ0n) is 17.9. The Morgan fingerprint density at radius 3 is 2.66 bits per heavy atom. The van der Waals surface area contributed by atoms with Crippen LogP contribution in [0.1, 0.15) is 16.7 Å². The van der Waals surface area contributed by atoms with Crippen molar-refractivity contribution in [1.82, 2.24) is 9.55 Å². The lowest BCUT2D eigenvalue weighted by Gasteiger charge is -2.13. The number of thioether (sulfide) groups is 1. The molecule has 2 aromatic heterocycles. The third kappa shape index (κ3) is 3.89. The Labute approximate surface area is 189 Å². The molecule has 0 bridgehead atoms. The van der Waals surface area contributed by atoms with Crippen LogP contribution in [-0.4, -0.2) is 16.7 Å². The molecule has 160 valence electrons. The van der Waals surface area contributed by atoms with Crippen LogP contribution in [0, 0.1) is 6.92 Å². The highest BCUT2D eigenvalue weighted by molar-refractivity contribution is 7.98. The quantitative estimate of drug-likeness (QED) is 0.246. The second-order valence-electron chi connectivity index (χ2n) is 7.69. The van der Waals surface area contributed by atoms with Crippen LogP contribution in [0.5, 0.6) is 5.75 Å². The largest absolute Gasteiger partial charge is 0.497 e. The predicted molar refractivity (Wildman–Crippen MR) is 129 cm³/mol. The molecule has 0 N–H and O–H groups in total. The Balaban J connectivity index is 1.63. The van der Waals surface area contributed by atoms with Gasteiger partial charge in [0.2, 0.25) is 5.58 Å². The van der Waals surface area contributed by atoms with Gasteiger partial charge < -0.3 is 9.15 Å². The molecule has 0 spiro atoms. The number of nitrogens with zero attached hydrogens (tertiary/aromatic N) is 2. The van der Waals surface area contributed by atoms with Gasteiger partial charge in [-0.2, -0.15) is 0 Å². The van der Waals surface area contributed by atoms with Crippen LogP contribution >= 0.6 is 11.8 Å². The number of methoxy groups -OCH3 is 1. The summed E-state index contributed by atoms with van der Waals surface area (Å²) in [6, 6.07) is 23.7. The lowest BCUT2D eigenvalue weighted by atomic mass is 10.2. The molecule has 2 heterocycles. The van der Waals surface area contributed by atoms with Crippen LogP contribution in [0.4, 0.5) is 0 Å². The summed E-state index contributed by atoms with van der Waals surface area (Å²) in [5, 5.41) is 1.52. The van der Waals surface area contributed by atoms with Crippen molar-refractivity contribution in [2.75, 3.05) is 7.11 Å². The molecule has 5 nitrogen and oxygen atoms in total. The van der Waals surface area contributed by atoms with Crippen LogP contribution in [0.25, 0.3) is 22.1 Å². The molecule has 5 aromatic rings. The molecule has 0 unspecified atom stereocenters. The number of benzene rings is 3. The van der Waals surface area contributed by atoms with Gasteiger partial charge in [-0.25, -0.2) is 4.98 Å². The van der Waals surface area contributed by atoms with E-state index in [4.69, 9.17) is 14.1 Å². The summed E-state index contributed by atoms with van der Waals surface area (Å²) >= 11 is 1.56. The number of furan rings is 1. The number of fused-ring (bicyclic) bond motifs is 3. The summed E-state index contributed by atoms with van der Waals surface area (Å²) in [5.41, 5.74) is 4.74. The van der Waals surface area contributed by atoms with Crippen molar-refractivity contribution >= 4 is 33.8 Å². The van der Waals surface area contributed by atoms with Gasteiger partial charge in [0, 0.05) is 11.1 Å². The minimum absolute atomic E-state index is 0.180. The van der Waals surface area contributed by atoms with Gasteiger partial charge in [0.05, 0.1) is 13.7 Å². The summed E-state index contributed by atoms with van der Waals surface area (Å²) in [7, 11) is 1.64. The maximum absolute atomic E-state index is 13.5. The van der Waals surface area contributed by atoms with Gasteiger partial charge in [-0.3, -0.25) is 9.36 Å². The average Bonchev–Trinajstić information content (AvgIpc) is 3.19. The summed E-state index contributed by atoms with van der Waals surface area (Å²) in [6.07, 6.45) is 0. The second kappa shape index (κ2) is 8.55. The standard InChI is InChI=1S/C26H22N2O3S/c1-17-7-5-9-19(13-17)16-32-26-27-23-21-11-3-4-12-22(21)31-24(23)25(29)28(26)15-18-8-6-10-20(14-18)30-2/h3-14H,15-16H2,1-2H3. The summed E-state index contributed by atoms with van der Waals surface area (Å²) in [5.74, 6) is 1.47. The third-order valence-electron chi connectivity index (χ3n) is 5.37. The van der Waals surface area contributed by atoms with Gasteiger partial charge in [0.1, 0.15) is 16.8 Å². The molecule has 0 aliphatic heterocycles. The first-order valence-electron chi connectivity index (χ1n) is 10.4. The Bertz CT molecular complexity index is 1490. The molecular formula is C26H22N2O3S. The topological polar surface area (TPSA) is 57.3 Å². The number of aromatic nitrogens is 2. The third-order valence-corrected chi connectivity index (χ3v) is 6.42. The van der Waals surface area contributed by atoms with E-state index in [-0.39, 0.29) is 11.1 Å². The van der Waals surface area contributed by atoms with Crippen molar-refractivity contribution < 1.29 is 9.15 Å². The SMILES string of the molecule is COc1cccc(Cn2c(SCc3cccc(C)c3)nc3c(oc4ccccc43)c2=O)c1. The molecule has 3 aromatic carbocycles. The normalized spacial score (nSPS) is 11.3. The van der Waals surface area contributed by atoms with Crippen LogP contribution in [0.15, 0.2) is 87.2 Å². The Morgan fingerprint density at radius 2 is 1.81 bits per heavy atom. The molecule has 0 fully saturated rings. The molecular weight excluding hydrogens is 420 g/mol. The maximum Gasteiger partial charge on any atom is 0.298 e. The first-order chi connectivity index (χ1) is 15.6. The highest BCUT2D eigenvalue weighted by atomic mass is 32.2. The van der Waals surface area contributed by atoms with Crippen molar-refractivity contribution in [1.29, 1.82) is 0 Å². The first kappa shape index (κ1) is 20.4. The number of aryl methyl sites for hydroxylation is 1. The lowest BCUT2D eigenvalue weighted by Crippen LogP contribution is -2.23. The van der Waals surface area contributed by atoms with E-state index in [2.05, 4.69) is 31.2 Å². The van der Waals surface area contributed by atoms with E-state index in [9.17, 15) is 4.79 Å². The van der Waals surface area contributed by atoms with E-state index >= 15 is 0 Å². The van der Waals surface area contributed by atoms with Crippen LogP contribution in [0.3, 0.4) is 0 Å². The van der Waals surface area contributed by atoms with Gasteiger partial charge >= 0.3 is 0 Å². The van der Waals surface area contributed by atoms with Crippen LogP contribution in [-0.2, 0) is 12.3 Å². The van der Waals surface area contributed by atoms with Crippen molar-refractivity contribution in [2.24, 2.45) is 0 Å². The van der Waals surface area contributed by atoms with Gasteiger partial charge in [-0.15, -0.1) is 0 Å². The Kier molecular flexibility index (Phi) is 5.45. The minimum Gasteiger partial charge on any atom is -0.497 e. The van der Waals surface area contributed by atoms with E-state index in [1.165, 1.54) is 11.1 Å². The second-order valence-corrected chi connectivity index (χ2v) is 8.63. The predicted octanol–water partition coefficient (Wildman–Crippen LogP) is 5.80. The van der Waals surface area contributed by atoms with E-state index in [0.717, 1.165) is 16.7 Å². The average molecular weight is 443 g/mol. The number of hydrogen-bond donors (Lipinski definition) is 0. The van der Waals surface area contributed by atoms with Crippen molar-refractivity contribution in [3.8, 4) is 5.75 Å². The van der Waals surface area contributed by atoms with E-state index < -0.39 is 0 Å². The molecule has 6 heteroatoms. The zero-order valence-corrected chi connectivity index (χ0v) is 18.7. The number of ether oxygens (including phenoxy) is 1. The number of para-hydroxylation sites is 1. The van der Waals surface area contributed by atoms with Gasteiger partial charge in [0.25, 0.3) is 5.56 Å². The molecule has 0 saturated carbocycles. The summed E-state index contributed by atoms with van der Waals surface area (Å²) < 4.78 is 13.0. The number of rotatable bonds is 6. The Hall–Kier alpha value is -3.51. The molecule has 0 atom stereocenters. The van der Waals surface area contributed by atoms with Crippen LogP contribution < -0.4 is 10.3 Å². The minimum atomic E-state index is -0.180. The molecule has 0 amide bonds. The molecule has 0 radical (unpaired) electrons.